The number of urea groups is 1. The van der Waals surface area contributed by atoms with Gasteiger partial charge in [0, 0.05) is 23.9 Å². The van der Waals surface area contributed by atoms with E-state index in [-0.39, 0.29) is 24.1 Å². The number of hydrogen-bond donors (Lipinski definition) is 2. The summed E-state index contributed by atoms with van der Waals surface area (Å²) in [6.45, 7) is 1.79. The highest BCUT2D eigenvalue weighted by molar-refractivity contribution is 6.07. The SMILES string of the molecule is CC(=O)C1=C(CNc2ccc(C(=O)/C=C/c3ccccc3)cc2)N(C)C(=O)NC1c1ccccc1. The Hall–Kier alpha value is -4.45. The first-order chi connectivity index (χ1) is 16.9. The van der Waals surface area contributed by atoms with Crippen molar-refractivity contribution in [2.75, 3.05) is 18.9 Å². The third kappa shape index (κ3) is 5.55. The van der Waals surface area contributed by atoms with Gasteiger partial charge in [-0.25, -0.2) is 4.79 Å². The summed E-state index contributed by atoms with van der Waals surface area (Å²) in [4.78, 5) is 39.2. The first-order valence-electron chi connectivity index (χ1n) is 11.4. The van der Waals surface area contributed by atoms with Crippen molar-refractivity contribution in [2.45, 2.75) is 13.0 Å². The number of hydrogen-bond acceptors (Lipinski definition) is 4. The van der Waals surface area contributed by atoms with Crippen LogP contribution in [0.15, 0.2) is 102 Å². The number of Topliss-reactive ketones (excluding diaryl/α,β-unsaturated/α-hetero) is 1. The summed E-state index contributed by atoms with van der Waals surface area (Å²) >= 11 is 0. The maximum absolute atomic E-state index is 12.6. The van der Waals surface area contributed by atoms with E-state index in [9.17, 15) is 14.4 Å². The van der Waals surface area contributed by atoms with E-state index in [2.05, 4.69) is 10.6 Å². The van der Waals surface area contributed by atoms with E-state index in [1.54, 1.807) is 31.3 Å². The van der Waals surface area contributed by atoms with Gasteiger partial charge in [0.1, 0.15) is 0 Å². The number of amides is 2. The highest BCUT2D eigenvalue weighted by atomic mass is 16.2. The standard InChI is InChI=1S/C29H27N3O3/c1-20(33)27-25(32(2)29(35)31-28(27)23-11-7-4-8-12-23)19-30-24-16-14-22(15-17-24)26(34)18-13-21-9-5-3-6-10-21/h3-18,28,30H,19H2,1-2H3,(H,31,35)/b18-13+. The molecule has 0 radical (unpaired) electrons. The number of carbonyl (C=O) groups is 3. The number of likely N-dealkylation sites (N-methyl/N-ethyl adjacent to an activating group) is 1. The van der Waals surface area contributed by atoms with Crippen molar-refractivity contribution in [3.8, 4) is 0 Å². The van der Waals surface area contributed by atoms with E-state index in [1.807, 2.05) is 72.8 Å². The van der Waals surface area contributed by atoms with Gasteiger partial charge in [0.05, 0.1) is 18.3 Å². The van der Waals surface area contributed by atoms with Crippen LogP contribution < -0.4 is 10.6 Å². The molecule has 6 nitrogen and oxygen atoms in total. The van der Waals surface area contributed by atoms with Gasteiger partial charge in [0.15, 0.2) is 11.6 Å². The Bertz CT molecular complexity index is 1280. The molecule has 0 bridgehead atoms. The van der Waals surface area contributed by atoms with Gasteiger partial charge in [-0.1, -0.05) is 66.7 Å². The van der Waals surface area contributed by atoms with Gasteiger partial charge in [0.25, 0.3) is 0 Å². The number of benzene rings is 3. The summed E-state index contributed by atoms with van der Waals surface area (Å²) in [6.07, 6.45) is 3.35. The van der Waals surface area contributed by atoms with E-state index < -0.39 is 6.04 Å². The van der Waals surface area contributed by atoms with Crippen molar-refractivity contribution in [1.29, 1.82) is 0 Å². The molecule has 3 aromatic carbocycles. The Morgan fingerprint density at radius 1 is 0.943 bits per heavy atom. The number of allylic oxidation sites excluding steroid dienone is 1. The second-order valence-electron chi connectivity index (χ2n) is 8.31. The van der Waals surface area contributed by atoms with Crippen LogP contribution in [0.5, 0.6) is 0 Å². The molecule has 35 heavy (non-hydrogen) atoms. The average Bonchev–Trinajstić information content (AvgIpc) is 2.89. The summed E-state index contributed by atoms with van der Waals surface area (Å²) < 4.78 is 0. The molecule has 2 N–H and O–H groups in total. The summed E-state index contributed by atoms with van der Waals surface area (Å²) in [7, 11) is 1.65. The van der Waals surface area contributed by atoms with E-state index in [0.29, 0.717) is 16.8 Å². The molecule has 1 unspecified atom stereocenters. The minimum absolute atomic E-state index is 0.0867. The summed E-state index contributed by atoms with van der Waals surface area (Å²) in [5.41, 5.74) is 4.32. The van der Waals surface area contributed by atoms with Crippen molar-refractivity contribution < 1.29 is 14.4 Å². The molecule has 1 atom stereocenters. The third-order valence-corrected chi connectivity index (χ3v) is 5.95. The lowest BCUT2D eigenvalue weighted by Gasteiger charge is -2.35. The maximum Gasteiger partial charge on any atom is 0.322 e. The van der Waals surface area contributed by atoms with Crippen LogP contribution in [-0.4, -0.2) is 36.1 Å². The molecule has 176 valence electrons. The number of rotatable bonds is 8. The Labute approximate surface area is 205 Å². The quantitative estimate of drug-likeness (QED) is 0.353. The average molecular weight is 466 g/mol. The zero-order chi connectivity index (χ0) is 24.8. The molecule has 0 aromatic heterocycles. The number of ketones is 2. The number of nitrogens with zero attached hydrogens (tertiary/aromatic N) is 1. The lowest BCUT2D eigenvalue weighted by Crippen LogP contribution is -2.47. The first-order valence-corrected chi connectivity index (χ1v) is 11.4. The zero-order valence-electron chi connectivity index (χ0n) is 19.7. The summed E-state index contributed by atoms with van der Waals surface area (Å²) in [5.74, 6) is -0.190. The Morgan fingerprint density at radius 2 is 1.57 bits per heavy atom. The normalized spacial score (nSPS) is 15.8. The van der Waals surface area contributed by atoms with Crippen molar-refractivity contribution >= 4 is 29.4 Å². The summed E-state index contributed by atoms with van der Waals surface area (Å²) in [6, 6.07) is 25.5. The number of carbonyl (C=O) groups excluding carboxylic acids is 3. The van der Waals surface area contributed by atoms with Crippen molar-refractivity contribution in [3.63, 3.8) is 0 Å². The van der Waals surface area contributed by atoms with Crippen LogP contribution in [0.2, 0.25) is 0 Å². The molecule has 2 amide bonds. The molecular formula is C29H27N3O3. The minimum atomic E-state index is -0.509. The van der Waals surface area contributed by atoms with E-state index >= 15 is 0 Å². The molecule has 0 saturated heterocycles. The fourth-order valence-electron chi connectivity index (χ4n) is 4.05. The molecule has 0 fully saturated rings. The number of anilines is 1. The molecule has 0 aliphatic carbocycles. The van der Waals surface area contributed by atoms with Crippen LogP contribution in [0.1, 0.15) is 34.5 Å². The maximum atomic E-state index is 12.6. The topological polar surface area (TPSA) is 78.5 Å². The lowest BCUT2D eigenvalue weighted by atomic mass is 9.92. The first kappa shape index (κ1) is 23.7. The van der Waals surface area contributed by atoms with Gasteiger partial charge in [-0.15, -0.1) is 0 Å². The molecule has 0 saturated carbocycles. The van der Waals surface area contributed by atoms with Gasteiger partial charge in [-0.2, -0.15) is 0 Å². The van der Waals surface area contributed by atoms with Gasteiger partial charge in [-0.3, -0.25) is 14.5 Å². The fraction of sp³-hybridized carbons (Fsp3) is 0.138. The largest absolute Gasteiger partial charge is 0.379 e. The molecular weight excluding hydrogens is 438 g/mol. The van der Waals surface area contributed by atoms with Gasteiger partial charge in [-0.05, 0) is 48.4 Å². The van der Waals surface area contributed by atoms with Gasteiger partial charge in [0.2, 0.25) is 0 Å². The molecule has 3 aromatic rings. The van der Waals surface area contributed by atoms with Gasteiger partial charge >= 0.3 is 6.03 Å². The van der Waals surface area contributed by atoms with Crippen LogP contribution in [0.25, 0.3) is 6.08 Å². The van der Waals surface area contributed by atoms with Gasteiger partial charge < -0.3 is 10.6 Å². The molecule has 1 heterocycles. The third-order valence-electron chi connectivity index (χ3n) is 5.95. The monoisotopic (exact) mass is 465 g/mol. The molecule has 1 aliphatic rings. The fourth-order valence-corrected chi connectivity index (χ4v) is 4.05. The zero-order valence-corrected chi connectivity index (χ0v) is 19.7. The molecule has 0 spiro atoms. The van der Waals surface area contributed by atoms with Crippen LogP contribution in [0.3, 0.4) is 0 Å². The molecule has 4 rings (SSSR count). The lowest BCUT2D eigenvalue weighted by molar-refractivity contribution is -0.114. The van der Waals surface area contributed by atoms with E-state index in [0.717, 1.165) is 16.8 Å². The predicted octanol–water partition coefficient (Wildman–Crippen LogP) is 5.23. The smallest absolute Gasteiger partial charge is 0.322 e. The van der Waals surface area contributed by atoms with Crippen LogP contribution >= 0.6 is 0 Å². The second-order valence-corrected chi connectivity index (χ2v) is 8.31. The molecule has 1 aliphatic heterocycles. The highest BCUT2D eigenvalue weighted by Gasteiger charge is 2.34. The van der Waals surface area contributed by atoms with Crippen LogP contribution in [0.4, 0.5) is 10.5 Å². The molecule has 6 heteroatoms. The Kier molecular flexibility index (Phi) is 7.21. The van der Waals surface area contributed by atoms with Crippen molar-refractivity contribution in [2.24, 2.45) is 0 Å². The number of nitrogens with one attached hydrogen (secondary N) is 2. The van der Waals surface area contributed by atoms with Crippen LogP contribution in [-0.2, 0) is 4.79 Å². The van der Waals surface area contributed by atoms with Crippen molar-refractivity contribution in [3.05, 3.63) is 119 Å². The van der Waals surface area contributed by atoms with E-state index in [4.69, 9.17) is 0 Å². The van der Waals surface area contributed by atoms with Crippen LogP contribution in [0, 0.1) is 0 Å². The Balaban J connectivity index is 1.51. The van der Waals surface area contributed by atoms with E-state index in [1.165, 1.54) is 11.8 Å². The highest BCUT2D eigenvalue weighted by Crippen LogP contribution is 2.30. The predicted molar refractivity (Wildman–Crippen MR) is 138 cm³/mol. The van der Waals surface area contributed by atoms with Crippen molar-refractivity contribution in [1.82, 2.24) is 10.2 Å². The Morgan fingerprint density at radius 3 is 2.20 bits per heavy atom. The summed E-state index contributed by atoms with van der Waals surface area (Å²) in [5, 5.41) is 6.21. The minimum Gasteiger partial charge on any atom is -0.379 e. The second kappa shape index (κ2) is 10.7.